The van der Waals surface area contributed by atoms with Crippen LogP contribution in [-0.2, 0) is 20.6 Å². The Hall–Kier alpha value is -0.420. The highest BCUT2D eigenvalue weighted by Gasteiger charge is 2.16. The Kier molecular flexibility index (Phi) is 6.74. The van der Waals surface area contributed by atoms with Gasteiger partial charge in [0.05, 0.1) is 6.61 Å². The molecule has 0 N–H and O–H groups in total. The summed E-state index contributed by atoms with van der Waals surface area (Å²) >= 11 is -2.38. The maximum absolute atomic E-state index is 11.1. The Balaban J connectivity index is 3.89. The fourth-order valence-corrected chi connectivity index (χ4v) is 1.15. The van der Waals surface area contributed by atoms with Gasteiger partial charge in [-0.05, 0) is 23.9 Å². The van der Waals surface area contributed by atoms with Crippen LogP contribution in [0.15, 0.2) is 0 Å². The molecule has 0 heterocycles. The summed E-state index contributed by atoms with van der Waals surface area (Å²) in [5, 5.41) is -1.07. The van der Waals surface area contributed by atoms with E-state index in [1.165, 1.54) is 6.92 Å². The number of hydrogen-bond donors (Lipinski definition) is 0. The molecule has 4 nitrogen and oxygen atoms in total. The van der Waals surface area contributed by atoms with Crippen LogP contribution in [0.2, 0.25) is 0 Å². The van der Waals surface area contributed by atoms with Crippen LogP contribution in [0.25, 0.3) is 0 Å². The van der Waals surface area contributed by atoms with Gasteiger partial charge < -0.3 is 9.29 Å². The second-order valence-electron chi connectivity index (χ2n) is 3.22. The summed E-state index contributed by atoms with van der Waals surface area (Å²) in [5.41, 5.74) is 0. The van der Waals surface area contributed by atoms with Crippen LogP contribution in [0.3, 0.4) is 0 Å². The van der Waals surface area contributed by atoms with Crippen LogP contribution < -0.4 is 0 Å². The van der Waals surface area contributed by atoms with Crippen molar-refractivity contribution in [1.29, 1.82) is 0 Å². The molecule has 0 aromatic carbocycles. The molecule has 0 aromatic rings. The van der Waals surface area contributed by atoms with E-state index in [4.69, 9.17) is 4.74 Å². The molecule has 0 radical (unpaired) electrons. The molecule has 0 rings (SSSR count). The molecule has 0 fully saturated rings. The lowest BCUT2D eigenvalue weighted by Gasteiger charge is -2.16. The Morgan fingerprint density at radius 2 is 1.93 bits per heavy atom. The van der Waals surface area contributed by atoms with Crippen LogP contribution in [0, 0.1) is 5.92 Å². The average Bonchev–Trinajstić information content (AvgIpc) is 2.17. The smallest absolute Gasteiger partial charge is 0.320 e. The minimum Gasteiger partial charge on any atom is -0.772 e. The normalized spacial score (nSPS) is 15.2. The number of rotatable bonds is 6. The molecule has 14 heavy (non-hydrogen) atoms. The zero-order valence-corrected chi connectivity index (χ0v) is 9.63. The van der Waals surface area contributed by atoms with Crippen LogP contribution >= 0.6 is 0 Å². The van der Waals surface area contributed by atoms with Crippen molar-refractivity contribution >= 4 is 17.0 Å². The molecule has 0 bridgehead atoms. The first-order valence-corrected chi connectivity index (χ1v) is 5.91. The van der Waals surface area contributed by atoms with Crippen molar-refractivity contribution in [2.24, 2.45) is 5.92 Å². The van der Waals surface area contributed by atoms with Gasteiger partial charge in [0.25, 0.3) is 0 Å². The maximum Gasteiger partial charge on any atom is 0.320 e. The maximum atomic E-state index is 11.1. The Labute approximate surface area is 87.3 Å². The summed E-state index contributed by atoms with van der Waals surface area (Å²) in [4.78, 5) is 11.1. The Bertz CT molecular complexity index is 201. The fourth-order valence-electron chi connectivity index (χ4n) is 0.920. The van der Waals surface area contributed by atoms with Crippen molar-refractivity contribution < 1.29 is 18.3 Å². The number of ether oxygens (including phenoxy) is 1. The first-order chi connectivity index (χ1) is 6.52. The van der Waals surface area contributed by atoms with Crippen molar-refractivity contribution in [3.8, 4) is 0 Å². The second-order valence-corrected chi connectivity index (χ2v) is 4.44. The van der Waals surface area contributed by atoms with Gasteiger partial charge in [-0.1, -0.05) is 26.7 Å². The minimum absolute atomic E-state index is 0.313. The first kappa shape index (κ1) is 13.6. The van der Waals surface area contributed by atoms with E-state index in [1.54, 1.807) is 0 Å². The summed E-state index contributed by atoms with van der Waals surface area (Å²) in [6.45, 7) is 5.65. The summed E-state index contributed by atoms with van der Waals surface area (Å²) in [5.74, 6) is -0.337. The lowest BCUT2D eigenvalue weighted by Crippen LogP contribution is -2.26. The first-order valence-electron chi connectivity index (χ1n) is 4.77. The molecule has 0 saturated heterocycles. The number of esters is 1. The van der Waals surface area contributed by atoms with Gasteiger partial charge in [0, 0.05) is 0 Å². The van der Waals surface area contributed by atoms with E-state index in [2.05, 4.69) is 0 Å². The number of carbonyl (C=O) groups excluding carboxylic acids is 1. The van der Waals surface area contributed by atoms with E-state index in [9.17, 15) is 13.6 Å². The molecule has 0 aliphatic heterocycles. The van der Waals surface area contributed by atoms with Crippen molar-refractivity contribution in [3.63, 3.8) is 0 Å². The predicted octanol–water partition coefficient (Wildman–Crippen LogP) is 1.23. The van der Waals surface area contributed by atoms with E-state index < -0.39 is 22.3 Å². The number of carbonyl (C=O) groups is 1. The molecule has 2 atom stereocenters. The van der Waals surface area contributed by atoms with Gasteiger partial charge in [-0.3, -0.25) is 9.00 Å². The van der Waals surface area contributed by atoms with Gasteiger partial charge >= 0.3 is 5.97 Å². The largest absolute Gasteiger partial charge is 0.772 e. The van der Waals surface area contributed by atoms with Crippen molar-refractivity contribution in [1.82, 2.24) is 0 Å². The molecule has 84 valence electrons. The second kappa shape index (κ2) is 6.95. The third kappa shape index (κ3) is 4.72. The van der Waals surface area contributed by atoms with Gasteiger partial charge in [-0.15, -0.1) is 0 Å². The van der Waals surface area contributed by atoms with E-state index in [-0.39, 0.29) is 0 Å². The van der Waals surface area contributed by atoms with Gasteiger partial charge in [0.2, 0.25) is 0 Å². The van der Waals surface area contributed by atoms with E-state index >= 15 is 0 Å². The molecular weight excluding hydrogens is 204 g/mol. The number of hydrogen-bond acceptors (Lipinski definition) is 4. The van der Waals surface area contributed by atoms with Gasteiger partial charge in [0.1, 0.15) is 5.25 Å². The molecule has 2 unspecified atom stereocenters. The predicted molar refractivity (Wildman–Crippen MR) is 53.4 cm³/mol. The lowest BCUT2D eigenvalue weighted by atomic mass is 10.1. The molecule has 0 spiro atoms. The third-order valence-corrected chi connectivity index (χ3v) is 3.01. The molecule has 0 aliphatic carbocycles. The van der Waals surface area contributed by atoms with E-state index in [0.29, 0.717) is 12.5 Å². The fraction of sp³-hybridized carbons (Fsp3) is 0.889. The van der Waals surface area contributed by atoms with Crippen LogP contribution in [-0.4, -0.2) is 26.6 Å². The highest BCUT2D eigenvalue weighted by atomic mass is 32.2. The monoisotopic (exact) mass is 221 g/mol. The average molecular weight is 221 g/mol. The zero-order valence-electron chi connectivity index (χ0n) is 8.82. The molecule has 0 aromatic heterocycles. The molecule has 0 saturated carbocycles. The highest BCUT2D eigenvalue weighted by molar-refractivity contribution is 7.80. The molecule has 5 heteroatoms. The highest BCUT2D eigenvalue weighted by Crippen LogP contribution is 2.08. The lowest BCUT2D eigenvalue weighted by molar-refractivity contribution is -0.144. The van der Waals surface area contributed by atoms with Crippen molar-refractivity contribution in [2.45, 2.75) is 38.9 Å². The standard InChI is InChI=1S/C9H18O4S/c1-4-8(5-2)6-13-9(10)7(3)14(11)12/h7-8H,4-6H2,1-3H3,(H,11,12)/p-1. The SMILES string of the molecule is CCC(CC)COC(=O)C(C)S(=O)[O-]. The third-order valence-electron chi connectivity index (χ3n) is 2.24. The van der Waals surface area contributed by atoms with Crippen molar-refractivity contribution in [2.75, 3.05) is 6.61 Å². The molecule has 0 aliphatic rings. The Morgan fingerprint density at radius 1 is 1.43 bits per heavy atom. The van der Waals surface area contributed by atoms with Crippen molar-refractivity contribution in [3.05, 3.63) is 0 Å². The summed E-state index contributed by atoms with van der Waals surface area (Å²) < 4.78 is 25.7. The Morgan fingerprint density at radius 3 is 2.29 bits per heavy atom. The minimum atomic E-state index is -2.38. The van der Waals surface area contributed by atoms with E-state index in [1.807, 2.05) is 13.8 Å². The molecule has 0 amide bonds. The van der Waals surface area contributed by atoms with E-state index in [0.717, 1.165) is 12.8 Å². The quantitative estimate of drug-likeness (QED) is 0.500. The zero-order chi connectivity index (χ0) is 11.1. The van der Waals surface area contributed by atoms with Gasteiger partial charge in [-0.2, -0.15) is 0 Å². The van der Waals surface area contributed by atoms with Gasteiger partial charge in [-0.25, -0.2) is 0 Å². The topological polar surface area (TPSA) is 66.4 Å². The summed E-state index contributed by atoms with van der Waals surface area (Å²) in [6.07, 6.45) is 1.86. The van der Waals surface area contributed by atoms with Crippen LogP contribution in [0.5, 0.6) is 0 Å². The summed E-state index contributed by atoms with van der Waals surface area (Å²) in [7, 11) is 0. The van der Waals surface area contributed by atoms with Crippen LogP contribution in [0.4, 0.5) is 0 Å². The van der Waals surface area contributed by atoms with Gasteiger partial charge in [0.15, 0.2) is 0 Å². The molecular formula is C9H17O4S-. The van der Waals surface area contributed by atoms with Crippen LogP contribution in [0.1, 0.15) is 33.6 Å². The summed E-state index contributed by atoms with van der Waals surface area (Å²) in [6, 6.07) is 0.